The van der Waals surface area contributed by atoms with Crippen LogP contribution in [0.3, 0.4) is 0 Å². The van der Waals surface area contributed by atoms with Crippen molar-refractivity contribution in [3.8, 4) is 11.1 Å². The van der Waals surface area contributed by atoms with Crippen LogP contribution in [-0.4, -0.2) is 16.2 Å². The summed E-state index contributed by atoms with van der Waals surface area (Å²) < 4.78 is 0.907. The number of benzene rings is 3. The van der Waals surface area contributed by atoms with Gasteiger partial charge in [0.2, 0.25) is 0 Å². The van der Waals surface area contributed by atoms with E-state index in [1.807, 2.05) is 60.7 Å². The smallest absolute Gasteiger partial charge is 0.323 e. The molecule has 29 heavy (non-hydrogen) atoms. The topological polar surface area (TPSA) is 127 Å². The number of nitrogens with zero attached hydrogens (tertiary/aromatic N) is 2. The number of nitrogens with one attached hydrogen (secondary N) is 1. The molecule has 8 heteroatoms. The SMILES string of the molecule is NCc1cccc(N(C(N)=O)c2ccc(-c3cc(Br)cc4[nH]nc(N)c34)cc2)c1. The zero-order chi connectivity index (χ0) is 20.5. The van der Waals surface area contributed by atoms with Crippen LogP contribution in [0.25, 0.3) is 22.0 Å². The van der Waals surface area contributed by atoms with Gasteiger partial charge in [0.15, 0.2) is 5.82 Å². The summed E-state index contributed by atoms with van der Waals surface area (Å²) in [4.78, 5) is 13.6. The van der Waals surface area contributed by atoms with Crippen LogP contribution in [0.15, 0.2) is 65.1 Å². The molecule has 4 aromatic rings. The molecule has 0 saturated heterocycles. The van der Waals surface area contributed by atoms with E-state index in [-0.39, 0.29) is 0 Å². The van der Waals surface area contributed by atoms with Gasteiger partial charge in [0.1, 0.15) is 0 Å². The zero-order valence-electron chi connectivity index (χ0n) is 15.4. The Kier molecular flexibility index (Phi) is 4.96. The molecule has 3 aromatic carbocycles. The van der Waals surface area contributed by atoms with E-state index >= 15 is 0 Å². The monoisotopic (exact) mass is 450 g/mol. The molecule has 7 nitrogen and oxygen atoms in total. The first-order valence-electron chi connectivity index (χ1n) is 8.90. The van der Waals surface area contributed by atoms with Crippen molar-refractivity contribution < 1.29 is 4.79 Å². The van der Waals surface area contributed by atoms with E-state index in [4.69, 9.17) is 17.2 Å². The number of hydrogen-bond donors (Lipinski definition) is 4. The molecule has 0 unspecified atom stereocenters. The number of fused-ring (bicyclic) bond motifs is 1. The summed E-state index contributed by atoms with van der Waals surface area (Å²) in [5.41, 5.74) is 22.4. The van der Waals surface area contributed by atoms with Crippen LogP contribution in [0.4, 0.5) is 22.0 Å². The summed E-state index contributed by atoms with van der Waals surface area (Å²) in [7, 11) is 0. The lowest BCUT2D eigenvalue weighted by Crippen LogP contribution is -2.31. The van der Waals surface area contributed by atoms with Gasteiger partial charge in [0.05, 0.1) is 22.3 Å². The number of rotatable bonds is 4. The van der Waals surface area contributed by atoms with Gasteiger partial charge in [0.25, 0.3) is 0 Å². The Balaban J connectivity index is 1.77. The minimum Gasteiger partial charge on any atom is -0.382 e. The molecule has 0 aliphatic heterocycles. The maximum atomic E-state index is 12.2. The maximum Gasteiger partial charge on any atom is 0.323 e. The van der Waals surface area contributed by atoms with Crippen LogP contribution in [0.1, 0.15) is 5.56 Å². The predicted octanol–water partition coefficient (Wildman–Crippen LogP) is 4.25. The van der Waals surface area contributed by atoms with Crippen LogP contribution in [0.5, 0.6) is 0 Å². The lowest BCUT2D eigenvalue weighted by molar-refractivity contribution is 0.256. The maximum absolute atomic E-state index is 12.2. The summed E-state index contributed by atoms with van der Waals surface area (Å²) in [5.74, 6) is 0.434. The average molecular weight is 451 g/mol. The molecule has 7 N–H and O–H groups in total. The fraction of sp³-hybridized carbons (Fsp3) is 0.0476. The summed E-state index contributed by atoms with van der Waals surface area (Å²) in [6.07, 6.45) is 0. The van der Waals surface area contributed by atoms with E-state index in [0.29, 0.717) is 23.7 Å². The minimum atomic E-state index is -0.573. The molecular weight excluding hydrogens is 432 g/mol. The van der Waals surface area contributed by atoms with Crippen LogP contribution in [0.2, 0.25) is 0 Å². The second-order valence-electron chi connectivity index (χ2n) is 6.58. The quantitative estimate of drug-likeness (QED) is 0.370. The Morgan fingerprint density at radius 3 is 2.52 bits per heavy atom. The van der Waals surface area contributed by atoms with Crippen molar-refractivity contribution in [2.24, 2.45) is 11.5 Å². The first-order chi connectivity index (χ1) is 14.0. The van der Waals surface area contributed by atoms with Gasteiger partial charge >= 0.3 is 6.03 Å². The standard InChI is InChI=1S/C21H19BrN6O/c22-14-9-17(19-18(10-14)26-27-20(19)24)13-4-6-15(7-5-13)28(21(25)29)16-3-1-2-12(8-16)11-23/h1-10H,11,23H2,(H2,25,29)(H3,24,26,27). The lowest BCUT2D eigenvalue weighted by Gasteiger charge is -2.21. The highest BCUT2D eigenvalue weighted by molar-refractivity contribution is 9.10. The first kappa shape index (κ1) is 19.0. The van der Waals surface area contributed by atoms with Crippen LogP contribution in [-0.2, 0) is 6.54 Å². The van der Waals surface area contributed by atoms with Gasteiger partial charge in [-0.1, -0.05) is 40.2 Å². The van der Waals surface area contributed by atoms with Gasteiger partial charge in [-0.2, -0.15) is 5.10 Å². The first-order valence-corrected chi connectivity index (χ1v) is 9.69. The van der Waals surface area contributed by atoms with Crippen molar-refractivity contribution in [3.05, 3.63) is 70.7 Å². The van der Waals surface area contributed by atoms with Crippen molar-refractivity contribution in [2.75, 3.05) is 10.6 Å². The van der Waals surface area contributed by atoms with Crippen LogP contribution >= 0.6 is 15.9 Å². The average Bonchev–Trinajstić information content (AvgIpc) is 3.08. The van der Waals surface area contributed by atoms with Gasteiger partial charge in [0, 0.05) is 11.0 Å². The summed E-state index contributed by atoms with van der Waals surface area (Å²) >= 11 is 3.52. The fourth-order valence-corrected chi connectivity index (χ4v) is 3.85. The molecule has 0 fully saturated rings. The number of halogens is 1. The van der Waals surface area contributed by atoms with Crippen LogP contribution < -0.4 is 22.1 Å². The Morgan fingerprint density at radius 2 is 1.83 bits per heavy atom. The Bertz CT molecular complexity index is 1200. The molecule has 1 heterocycles. The highest BCUT2D eigenvalue weighted by Gasteiger charge is 2.17. The third kappa shape index (κ3) is 3.55. The highest BCUT2D eigenvalue weighted by Crippen LogP contribution is 2.36. The second kappa shape index (κ2) is 7.57. The largest absolute Gasteiger partial charge is 0.382 e. The molecular formula is C21H19BrN6O. The second-order valence-corrected chi connectivity index (χ2v) is 7.49. The molecule has 0 saturated carbocycles. The van der Waals surface area contributed by atoms with E-state index < -0.39 is 6.03 Å². The number of primary amides is 1. The molecule has 0 atom stereocenters. The number of urea groups is 1. The van der Waals surface area contributed by atoms with E-state index in [1.165, 1.54) is 4.90 Å². The number of amides is 2. The Hall–Kier alpha value is -3.36. The predicted molar refractivity (Wildman–Crippen MR) is 120 cm³/mol. The summed E-state index contributed by atoms with van der Waals surface area (Å²) in [6, 6.07) is 18.3. The Morgan fingerprint density at radius 1 is 1.07 bits per heavy atom. The molecule has 1 aromatic heterocycles. The molecule has 0 spiro atoms. The molecule has 146 valence electrons. The van der Waals surface area contributed by atoms with Gasteiger partial charge in [-0.25, -0.2) is 4.79 Å². The van der Waals surface area contributed by atoms with Gasteiger partial charge in [-0.15, -0.1) is 0 Å². The van der Waals surface area contributed by atoms with Crippen molar-refractivity contribution in [1.29, 1.82) is 0 Å². The molecule has 2 amide bonds. The number of aromatic nitrogens is 2. The molecule has 4 rings (SSSR count). The molecule has 0 aliphatic rings. The Labute approximate surface area is 175 Å². The molecule has 0 bridgehead atoms. The number of aromatic amines is 1. The number of hydrogen-bond acceptors (Lipinski definition) is 4. The van der Waals surface area contributed by atoms with E-state index in [0.717, 1.165) is 32.1 Å². The minimum absolute atomic E-state index is 0.379. The van der Waals surface area contributed by atoms with Crippen molar-refractivity contribution >= 4 is 50.1 Å². The van der Waals surface area contributed by atoms with Gasteiger partial charge < -0.3 is 17.2 Å². The number of nitrogen functional groups attached to an aromatic ring is 1. The number of H-pyrrole nitrogens is 1. The molecule has 0 aliphatic carbocycles. The highest BCUT2D eigenvalue weighted by atomic mass is 79.9. The van der Waals surface area contributed by atoms with E-state index in [1.54, 1.807) is 0 Å². The summed E-state index contributed by atoms with van der Waals surface area (Å²) in [5, 5.41) is 7.88. The zero-order valence-corrected chi connectivity index (χ0v) is 17.0. The van der Waals surface area contributed by atoms with E-state index in [9.17, 15) is 4.79 Å². The van der Waals surface area contributed by atoms with Crippen LogP contribution in [0, 0.1) is 0 Å². The number of carbonyl (C=O) groups is 1. The third-order valence-corrected chi connectivity index (χ3v) is 5.18. The van der Waals surface area contributed by atoms with Crippen molar-refractivity contribution in [2.45, 2.75) is 6.54 Å². The van der Waals surface area contributed by atoms with Gasteiger partial charge in [-0.3, -0.25) is 10.00 Å². The lowest BCUT2D eigenvalue weighted by atomic mass is 10.0. The van der Waals surface area contributed by atoms with E-state index in [2.05, 4.69) is 26.1 Å². The number of carbonyl (C=O) groups excluding carboxylic acids is 1. The van der Waals surface area contributed by atoms with Crippen molar-refractivity contribution in [3.63, 3.8) is 0 Å². The normalized spacial score (nSPS) is 11.0. The number of anilines is 3. The third-order valence-electron chi connectivity index (χ3n) is 4.72. The fourth-order valence-electron chi connectivity index (χ4n) is 3.39. The number of nitrogens with two attached hydrogens (primary N) is 3. The van der Waals surface area contributed by atoms with Gasteiger partial charge in [-0.05, 0) is 53.1 Å². The summed E-state index contributed by atoms with van der Waals surface area (Å²) in [6.45, 7) is 0.379. The van der Waals surface area contributed by atoms with Crippen molar-refractivity contribution in [1.82, 2.24) is 10.2 Å². The molecule has 0 radical (unpaired) electrons.